The number of amides is 1. The predicted molar refractivity (Wildman–Crippen MR) is 104 cm³/mol. The highest BCUT2D eigenvalue weighted by Gasteiger charge is 2.20. The van der Waals surface area contributed by atoms with Crippen molar-refractivity contribution in [1.82, 2.24) is 4.90 Å². The van der Waals surface area contributed by atoms with Crippen LogP contribution in [0.5, 0.6) is 0 Å². The minimum absolute atomic E-state index is 0.0699. The van der Waals surface area contributed by atoms with Crippen molar-refractivity contribution in [2.75, 3.05) is 19.7 Å². The maximum atomic E-state index is 12.5. The molecule has 1 aliphatic rings. The monoisotopic (exact) mass is 378 g/mol. The summed E-state index contributed by atoms with van der Waals surface area (Å²) in [6.45, 7) is 3.46. The van der Waals surface area contributed by atoms with Crippen molar-refractivity contribution in [3.63, 3.8) is 0 Å². The van der Waals surface area contributed by atoms with Gasteiger partial charge < -0.3 is 14.1 Å². The fourth-order valence-corrected chi connectivity index (χ4v) is 3.12. The number of rotatable bonds is 5. The summed E-state index contributed by atoms with van der Waals surface area (Å²) in [5.74, 6) is 0.404. The van der Waals surface area contributed by atoms with E-state index in [1.807, 2.05) is 6.07 Å². The van der Waals surface area contributed by atoms with Crippen LogP contribution < -0.4 is 0 Å². The molecule has 1 amide bonds. The number of carbonyl (C=O) groups is 2. The van der Waals surface area contributed by atoms with Crippen LogP contribution >= 0.6 is 0 Å². The van der Waals surface area contributed by atoms with Crippen molar-refractivity contribution >= 4 is 18.0 Å². The molecular weight excluding hydrogens is 356 g/mol. The van der Waals surface area contributed by atoms with Gasteiger partial charge in [0, 0.05) is 24.7 Å². The van der Waals surface area contributed by atoms with Gasteiger partial charge in [-0.25, -0.2) is 4.79 Å². The number of carbonyl (C=O) groups excluding carboxylic acids is 2. The molecule has 1 aromatic heterocycles. The Kier molecular flexibility index (Phi) is 6.28. The molecule has 0 N–H and O–H groups in total. The fraction of sp³-hybridized carbons (Fsp3) is 0.318. The lowest BCUT2D eigenvalue weighted by Crippen LogP contribution is -2.36. The number of nitriles is 1. The van der Waals surface area contributed by atoms with Gasteiger partial charge in [-0.3, -0.25) is 4.79 Å². The molecule has 0 spiro atoms. The van der Waals surface area contributed by atoms with Crippen LogP contribution in [0.15, 0.2) is 46.4 Å². The normalized spacial score (nSPS) is 14.4. The van der Waals surface area contributed by atoms with E-state index in [2.05, 4.69) is 0 Å². The van der Waals surface area contributed by atoms with Gasteiger partial charge in [0.1, 0.15) is 23.2 Å². The Balaban J connectivity index is 1.75. The number of hydrogen-bond donors (Lipinski definition) is 0. The van der Waals surface area contributed by atoms with E-state index in [1.165, 1.54) is 6.08 Å². The molecule has 0 atom stereocenters. The van der Waals surface area contributed by atoms with Crippen LogP contribution in [0.25, 0.3) is 17.4 Å². The van der Waals surface area contributed by atoms with Crippen molar-refractivity contribution in [1.29, 1.82) is 5.26 Å². The highest BCUT2D eigenvalue weighted by molar-refractivity contribution is 6.01. The molecule has 0 radical (unpaired) electrons. The predicted octanol–water partition coefficient (Wildman–Crippen LogP) is 4.04. The van der Waals surface area contributed by atoms with Crippen molar-refractivity contribution < 1.29 is 18.7 Å². The molecule has 1 aromatic carbocycles. The summed E-state index contributed by atoms with van der Waals surface area (Å²) >= 11 is 0. The van der Waals surface area contributed by atoms with Crippen LogP contribution in [0.2, 0.25) is 0 Å². The Morgan fingerprint density at radius 2 is 1.86 bits per heavy atom. The number of ether oxygens (including phenoxy) is 1. The Hall–Kier alpha value is -3.33. The van der Waals surface area contributed by atoms with Crippen molar-refractivity contribution in [2.24, 2.45) is 0 Å². The average molecular weight is 378 g/mol. The molecule has 28 heavy (non-hydrogen) atoms. The second-order valence-corrected chi connectivity index (χ2v) is 6.52. The lowest BCUT2D eigenvalue weighted by atomic mass is 10.1. The largest absolute Gasteiger partial charge is 0.462 e. The molecule has 0 saturated carbocycles. The van der Waals surface area contributed by atoms with Crippen LogP contribution in [0.3, 0.4) is 0 Å². The van der Waals surface area contributed by atoms with Gasteiger partial charge in [-0.1, -0.05) is 12.1 Å². The summed E-state index contributed by atoms with van der Waals surface area (Å²) in [6, 6.07) is 12.4. The number of hydrogen-bond acceptors (Lipinski definition) is 5. The zero-order chi connectivity index (χ0) is 19.9. The molecule has 2 aromatic rings. The van der Waals surface area contributed by atoms with Gasteiger partial charge in [0.15, 0.2) is 0 Å². The third kappa shape index (κ3) is 4.49. The molecule has 3 rings (SSSR count). The minimum atomic E-state index is -0.369. The van der Waals surface area contributed by atoms with Gasteiger partial charge in [0.25, 0.3) is 5.91 Å². The third-order valence-electron chi connectivity index (χ3n) is 4.59. The third-order valence-corrected chi connectivity index (χ3v) is 4.59. The van der Waals surface area contributed by atoms with Gasteiger partial charge in [0.2, 0.25) is 0 Å². The zero-order valence-corrected chi connectivity index (χ0v) is 15.8. The molecule has 1 fully saturated rings. The second-order valence-electron chi connectivity index (χ2n) is 6.52. The number of piperidine rings is 1. The number of likely N-dealkylation sites (tertiary alicyclic amines) is 1. The van der Waals surface area contributed by atoms with E-state index in [0.717, 1.165) is 24.8 Å². The first-order valence-corrected chi connectivity index (χ1v) is 9.41. The van der Waals surface area contributed by atoms with Gasteiger partial charge in [-0.2, -0.15) is 5.26 Å². The molecule has 144 valence electrons. The van der Waals surface area contributed by atoms with Crippen LogP contribution in [0, 0.1) is 11.3 Å². The topological polar surface area (TPSA) is 83.5 Å². The molecule has 6 nitrogen and oxygen atoms in total. The zero-order valence-electron chi connectivity index (χ0n) is 15.8. The first-order valence-electron chi connectivity index (χ1n) is 9.41. The summed E-state index contributed by atoms with van der Waals surface area (Å²) in [5, 5.41) is 9.39. The van der Waals surface area contributed by atoms with E-state index in [-0.39, 0.29) is 17.4 Å². The van der Waals surface area contributed by atoms with E-state index in [1.54, 1.807) is 48.2 Å². The number of benzene rings is 1. The first kappa shape index (κ1) is 19.4. The highest BCUT2D eigenvalue weighted by Crippen LogP contribution is 2.24. The molecular formula is C22H22N2O4. The minimum Gasteiger partial charge on any atom is -0.462 e. The van der Waals surface area contributed by atoms with Crippen molar-refractivity contribution in [3.8, 4) is 17.4 Å². The summed E-state index contributed by atoms with van der Waals surface area (Å²) in [6.07, 6.45) is 4.54. The standard InChI is InChI=1S/C22H22N2O4/c1-2-27-22(26)17-8-6-16(7-9-17)20-11-10-19(28-20)14-18(15-23)21(25)24-12-4-3-5-13-24/h6-11,14H,2-5,12-13H2,1H3. The molecule has 1 aliphatic heterocycles. The summed E-state index contributed by atoms with van der Waals surface area (Å²) in [4.78, 5) is 26.0. The Morgan fingerprint density at radius 1 is 1.14 bits per heavy atom. The highest BCUT2D eigenvalue weighted by atomic mass is 16.5. The van der Waals surface area contributed by atoms with E-state index in [9.17, 15) is 14.9 Å². The average Bonchev–Trinajstić information content (AvgIpc) is 3.21. The maximum Gasteiger partial charge on any atom is 0.338 e. The Morgan fingerprint density at radius 3 is 2.50 bits per heavy atom. The lowest BCUT2D eigenvalue weighted by Gasteiger charge is -2.26. The SMILES string of the molecule is CCOC(=O)c1ccc(-c2ccc(C=C(C#N)C(=O)N3CCCCC3)o2)cc1. The Bertz CT molecular complexity index is 913. The fourth-order valence-electron chi connectivity index (χ4n) is 3.12. The van der Waals surface area contributed by atoms with Crippen LogP contribution in [-0.2, 0) is 9.53 Å². The summed E-state index contributed by atoms with van der Waals surface area (Å²) in [5.41, 5.74) is 1.32. The van der Waals surface area contributed by atoms with Gasteiger partial charge in [0.05, 0.1) is 12.2 Å². The van der Waals surface area contributed by atoms with Crippen LogP contribution in [0.1, 0.15) is 42.3 Å². The smallest absolute Gasteiger partial charge is 0.338 e. The van der Waals surface area contributed by atoms with Gasteiger partial charge in [-0.15, -0.1) is 0 Å². The van der Waals surface area contributed by atoms with Gasteiger partial charge >= 0.3 is 5.97 Å². The molecule has 0 unspecified atom stereocenters. The van der Waals surface area contributed by atoms with E-state index in [4.69, 9.17) is 9.15 Å². The number of nitrogens with zero attached hydrogens (tertiary/aromatic N) is 2. The summed E-state index contributed by atoms with van der Waals surface area (Å²) in [7, 11) is 0. The number of furan rings is 1. The number of esters is 1. The molecule has 2 heterocycles. The Labute approximate surface area is 164 Å². The second kappa shape index (κ2) is 9.05. The molecule has 0 aliphatic carbocycles. The van der Waals surface area contributed by atoms with Crippen molar-refractivity contribution in [3.05, 3.63) is 53.3 Å². The summed E-state index contributed by atoms with van der Waals surface area (Å²) < 4.78 is 10.7. The maximum absolute atomic E-state index is 12.5. The van der Waals surface area contributed by atoms with Gasteiger partial charge in [-0.05, 0) is 50.5 Å². The first-order chi connectivity index (χ1) is 13.6. The van der Waals surface area contributed by atoms with E-state index in [0.29, 0.717) is 36.8 Å². The van der Waals surface area contributed by atoms with Crippen LogP contribution in [0.4, 0.5) is 0 Å². The van der Waals surface area contributed by atoms with E-state index >= 15 is 0 Å². The van der Waals surface area contributed by atoms with Crippen LogP contribution in [-0.4, -0.2) is 36.5 Å². The lowest BCUT2D eigenvalue weighted by molar-refractivity contribution is -0.127. The van der Waals surface area contributed by atoms with E-state index < -0.39 is 0 Å². The van der Waals surface area contributed by atoms with Crippen molar-refractivity contribution in [2.45, 2.75) is 26.2 Å². The molecule has 6 heteroatoms. The molecule has 0 bridgehead atoms. The quantitative estimate of drug-likeness (QED) is 0.445. The molecule has 1 saturated heterocycles.